The van der Waals surface area contributed by atoms with Gasteiger partial charge in [-0.2, -0.15) is 5.10 Å². The summed E-state index contributed by atoms with van der Waals surface area (Å²) in [6, 6.07) is 3.84. The molecule has 132 valence electrons. The summed E-state index contributed by atoms with van der Waals surface area (Å²) < 4.78 is 5.57. The number of hydrogen-bond acceptors (Lipinski definition) is 3. The summed E-state index contributed by atoms with van der Waals surface area (Å²) in [4.78, 5) is 4.29. The molecule has 5 nitrogen and oxygen atoms in total. The Morgan fingerprint density at radius 2 is 1.96 bits per heavy atom. The van der Waals surface area contributed by atoms with E-state index >= 15 is 0 Å². The highest BCUT2D eigenvalue weighted by Gasteiger charge is 2.19. The molecule has 0 aliphatic heterocycles. The summed E-state index contributed by atoms with van der Waals surface area (Å²) in [6.45, 7) is 12.3. The van der Waals surface area contributed by atoms with Gasteiger partial charge in [0, 0.05) is 11.3 Å². The molecule has 1 aromatic carbocycles. The summed E-state index contributed by atoms with van der Waals surface area (Å²) >= 11 is 6.52. The molecule has 24 heavy (non-hydrogen) atoms. The molecule has 3 N–H and O–H groups in total. The van der Waals surface area contributed by atoms with Crippen molar-refractivity contribution in [1.29, 1.82) is 0 Å². The fourth-order valence-corrected chi connectivity index (χ4v) is 2.73. The molecule has 1 aromatic heterocycles. The Bertz CT molecular complexity index is 703. The van der Waals surface area contributed by atoms with Crippen LogP contribution in [-0.4, -0.2) is 22.6 Å². The van der Waals surface area contributed by atoms with E-state index in [1.54, 1.807) is 6.92 Å². The first-order chi connectivity index (χ1) is 11.5. The molecule has 1 heterocycles. The maximum Gasteiger partial charge on any atom is 0.183 e. The number of aliphatic imine (C=N–C) groups is 1. The van der Waals surface area contributed by atoms with Crippen LogP contribution in [0.1, 0.15) is 45.9 Å². The average Bonchev–Trinajstić information content (AvgIpc) is 2.89. The largest absolute Gasteiger partial charge is 0.494 e. The van der Waals surface area contributed by atoms with Gasteiger partial charge in [0.05, 0.1) is 23.0 Å². The number of aromatic nitrogens is 2. The van der Waals surface area contributed by atoms with Crippen LogP contribution in [-0.2, 0) is 6.42 Å². The van der Waals surface area contributed by atoms with Gasteiger partial charge in [0.2, 0.25) is 0 Å². The lowest BCUT2D eigenvalue weighted by Crippen LogP contribution is -2.04. The lowest BCUT2D eigenvalue weighted by molar-refractivity contribution is 0.340. The van der Waals surface area contributed by atoms with E-state index in [2.05, 4.69) is 22.1 Å². The van der Waals surface area contributed by atoms with Crippen LogP contribution in [0.15, 0.2) is 17.1 Å². The second-order valence-corrected chi connectivity index (χ2v) is 5.43. The first-order valence-corrected chi connectivity index (χ1v) is 8.67. The molecule has 6 heteroatoms. The number of benzene rings is 1. The minimum absolute atomic E-state index is 0.452. The molecule has 0 saturated carbocycles. The lowest BCUT2D eigenvalue weighted by Gasteiger charge is -2.13. The van der Waals surface area contributed by atoms with Crippen molar-refractivity contribution in [3.63, 3.8) is 0 Å². The van der Waals surface area contributed by atoms with Crippen LogP contribution in [0.2, 0.25) is 5.02 Å². The fourth-order valence-electron chi connectivity index (χ4n) is 2.41. The van der Waals surface area contributed by atoms with E-state index in [4.69, 9.17) is 22.1 Å². The van der Waals surface area contributed by atoms with Crippen LogP contribution < -0.4 is 10.5 Å². The highest BCUT2D eigenvalue weighted by Crippen LogP contribution is 2.41. The van der Waals surface area contributed by atoms with Crippen molar-refractivity contribution in [2.45, 2.75) is 48.0 Å². The Morgan fingerprint density at radius 1 is 1.29 bits per heavy atom. The molecule has 0 aliphatic carbocycles. The molecule has 0 spiro atoms. The number of nitrogens with zero attached hydrogens (tertiary/aromatic N) is 2. The Kier molecular flexibility index (Phi) is 7.79. The quantitative estimate of drug-likeness (QED) is 0.586. The van der Waals surface area contributed by atoms with Crippen molar-refractivity contribution in [3.05, 3.63) is 28.4 Å². The minimum atomic E-state index is 0.452. The SMILES string of the molecule is CC.CCOc1cc(Cl)c(-c2c(N=C(C)N)n[nH]c2C)c(CC)c1. The van der Waals surface area contributed by atoms with Crippen molar-refractivity contribution in [2.24, 2.45) is 10.7 Å². The molecule has 0 saturated heterocycles. The first-order valence-electron chi connectivity index (χ1n) is 8.29. The number of H-pyrrole nitrogens is 1. The van der Waals surface area contributed by atoms with Gasteiger partial charge >= 0.3 is 0 Å². The molecule has 0 radical (unpaired) electrons. The van der Waals surface area contributed by atoms with Crippen molar-refractivity contribution in [1.82, 2.24) is 10.2 Å². The molecule has 0 fully saturated rings. The van der Waals surface area contributed by atoms with Crippen molar-refractivity contribution >= 4 is 23.3 Å². The van der Waals surface area contributed by atoms with Gasteiger partial charge in [-0.1, -0.05) is 32.4 Å². The number of ether oxygens (including phenoxy) is 1. The van der Waals surface area contributed by atoms with Crippen LogP contribution in [0.3, 0.4) is 0 Å². The number of aryl methyl sites for hydroxylation is 2. The van der Waals surface area contributed by atoms with E-state index in [-0.39, 0.29) is 0 Å². The second kappa shape index (κ2) is 9.33. The monoisotopic (exact) mass is 350 g/mol. The smallest absolute Gasteiger partial charge is 0.183 e. The van der Waals surface area contributed by atoms with E-state index in [0.717, 1.165) is 34.6 Å². The first kappa shape index (κ1) is 20.0. The third kappa shape index (κ3) is 4.51. The van der Waals surface area contributed by atoms with Crippen molar-refractivity contribution in [3.8, 4) is 16.9 Å². The Hall–Kier alpha value is -2.01. The van der Waals surface area contributed by atoms with Gasteiger partial charge in [-0.15, -0.1) is 0 Å². The third-order valence-electron chi connectivity index (χ3n) is 3.30. The van der Waals surface area contributed by atoms with Gasteiger partial charge in [-0.05, 0) is 44.9 Å². The zero-order chi connectivity index (χ0) is 18.3. The van der Waals surface area contributed by atoms with Gasteiger partial charge in [-0.25, -0.2) is 4.99 Å². The van der Waals surface area contributed by atoms with Gasteiger partial charge in [0.15, 0.2) is 5.82 Å². The predicted molar refractivity (Wildman–Crippen MR) is 103 cm³/mol. The molecule has 2 aromatic rings. The Morgan fingerprint density at radius 3 is 2.50 bits per heavy atom. The van der Waals surface area contributed by atoms with E-state index in [1.807, 2.05) is 39.8 Å². The minimum Gasteiger partial charge on any atom is -0.494 e. The molecule has 2 rings (SSSR count). The van der Waals surface area contributed by atoms with Crippen LogP contribution in [0.4, 0.5) is 5.82 Å². The summed E-state index contributed by atoms with van der Waals surface area (Å²) in [5, 5.41) is 7.81. The number of amidine groups is 1. The fraction of sp³-hybridized carbons (Fsp3) is 0.444. The van der Waals surface area contributed by atoms with E-state index in [0.29, 0.717) is 23.3 Å². The highest BCUT2D eigenvalue weighted by molar-refractivity contribution is 6.34. The van der Waals surface area contributed by atoms with E-state index in [9.17, 15) is 0 Å². The topological polar surface area (TPSA) is 76.3 Å². The predicted octanol–water partition coefficient (Wildman–Crippen LogP) is 5.03. The van der Waals surface area contributed by atoms with Crippen LogP contribution >= 0.6 is 11.6 Å². The highest BCUT2D eigenvalue weighted by atomic mass is 35.5. The average molecular weight is 351 g/mol. The molecular formula is C18H27ClN4O. The van der Waals surface area contributed by atoms with Gasteiger partial charge < -0.3 is 10.5 Å². The molecular weight excluding hydrogens is 324 g/mol. The van der Waals surface area contributed by atoms with E-state index < -0.39 is 0 Å². The molecule has 0 amide bonds. The molecule has 0 unspecified atom stereocenters. The summed E-state index contributed by atoms with van der Waals surface area (Å²) in [5.74, 6) is 1.78. The standard InChI is InChI=1S/C16H21ClN4O.C2H6/c1-5-11-7-12(22-6-2)8-13(17)15(11)14-9(3)20-21-16(14)19-10(4)18;1-2/h7-8H,5-6H2,1-4H3,(H3,18,19,20,21);1-2H3. The zero-order valence-electron chi connectivity index (χ0n) is 15.3. The maximum atomic E-state index is 6.52. The number of hydrogen-bond donors (Lipinski definition) is 2. The summed E-state index contributed by atoms with van der Waals surface area (Å²) in [7, 11) is 0. The normalized spacial score (nSPS) is 11.0. The Labute approximate surface area is 149 Å². The Balaban J connectivity index is 0.00000139. The lowest BCUT2D eigenvalue weighted by atomic mass is 9.97. The number of nitrogens with two attached hydrogens (primary N) is 1. The molecule has 0 atom stereocenters. The zero-order valence-corrected chi connectivity index (χ0v) is 16.1. The number of aromatic amines is 1. The third-order valence-corrected chi connectivity index (χ3v) is 3.60. The van der Waals surface area contributed by atoms with E-state index in [1.165, 1.54) is 0 Å². The summed E-state index contributed by atoms with van der Waals surface area (Å²) in [6.07, 6.45) is 0.825. The van der Waals surface area contributed by atoms with Gasteiger partial charge in [-0.3, -0.25) is 5.10 Å². The van der Waals surface area contributed by atoms with Gasteiger partial charge in [0.1, 0.15) is 5.75 Å². The number of rotatable bonds is 5. The number of nitrogens with one attached hydrogen (secondary N) is 1. The van der Waals surface area contributed by atoms with Crippen LogP contribution in [0, 0.1) is 6.92 Å². The van der Waals surface area contributed by atoms with Crippen molar-refractivity contribution < 1.29 is 4.74 Å². The summed E-state index contributed by atoms with van der Waals surface area (Å²) in [5.41, 5.74) is 9.50. The van der Waals surface area contributed by atoms with Crippen molar-refractivity contribution in [2.75, 3.05) is 6.61 Å². The molecule has 0 aliphatic rings. The van der Waals surface area contributed by atoms with Gasteiger partial charge in [0.25, 0.3) is 0 Å². The van der Waals surface area contributed by atoms with Crippen LogP contribution in [0.5, 0.6) is 5.75 Å². The number of halogens is 1. The molecule has 0 bridgehead atoms. The maximum absolute atomic E-state index is 6.52. The van der Waals surface area contributed by atoms with Crippen LogP contribution in [0.25, 0.3) is 11.1 Å². The second-order valence-electron chi connectivity index (χ2n) is 5.03.